The maximum atomic E-state index is 12.2. The van der Waals surface area contributed by atoms with Gasteiger partial charge in [0.2, 0.25) is 0 Å². The molecule has 2 N–H and O–H groups in total. The number of aromatic amines is 1. The zero-order valence-corrected chi connectivity index (χ0v) is 16.1. The fourth-order valence-electron chi connectivity index (χ4n) is 2.97. The molecule has 7 nitrogen and oxygen atoms in total. The van der Waals surface area contributed by atoms with Gasteiger partial charge in [-0.05, 0) is 49.2 Å². The van der Waals surface area contributed by atoms with E-state index in [0.29, 0.717) is 35.2 Å². The van der Waals surface area contributed by atoms with Crippen LogP contribution in [0.15, 0.2) is 48.5 Å². The van der Waals surface area contributed by atoms with Crippen LogP contribution in [0.1, 0.15) is 48.3 Å². The molecule has 148 valence electrons. The van der Waals surface area contributed by atoms with Gasteiger partial charge in [-0.25, -0.2) is 4.98 Å². The summed E-state index contributed by atoms with van der Waals surface area (Å²) in [6.45, 7) is 1.69. The van der Waals surface area contributed by atoms with Crippen LogP contribution in [-0.4, -0.2) is 33.5 Å². The Kier molecular flexibility index (Phi) is 5.37. The van der Waals surface area contributed by atoms with Crippen molar-refractivity contribution >= 4 is 17.4 Å². The third kappa shape index (κ3) is 4.68. The minimum atomic E-state index is -0.274. The largest absolute Gasteiger partial charge is 0.484 e. The molecule has 0 spiro atoms. The zero-order valence-electron chi connectivity index (χ0n) is 16.1. The normalized spacial score (nSPS) is 13.1. The first-order valence-corrected chi connectivity index (χ1v) is 9.71. The van der Waals surface area contributed by atoms with Gasteiger partial charge in [-0.15, -0.1) is 0 Å². The molecule has 0 bridgehead atoms. The summed E-state index contributed by atoms with van der Waals surface area (Å²) < 4.78 is 5.51. The highest BCUT2D eigenvalue weighted by molar-refractivity contribution is 5.96. The van der Waals surface area contributed by atoms with Gasteiger partial charge in [0.05, 0.1) is 0 Å². The lowest BCUT2D eigenvalue weighted by Gasteiger charge is -2.08. The molecule has 3 aromatic rings. The molecular weight excluding hydrogens is 368 g/mol. The van der Waals surface area contributed by atoms with Crippen molar-refractivity contribution in [2.75, 3.05) is 11.9 Å². The molecule has 7 heteroatoms. The van der Waals surface area contributed by atoms with Crippen LogP contribution in [-0.2, 0) is 4.79 Å². The first-order chi connectivity index (χ1) is 14.1. The fourth-order valence-corrected chi connectivity index (χ4v) is 2.97. The van der Waals surface area contributed by atoms with Crippen LogP contribution in [0.3, 0.4) is 0 Å². The van der Waals surface area contributed by atoms with Crippen LogP contribution < -0.4 is 10.1 Å². The maximum Gasteiger partial charge on any atom is 0.262 e. The summed E-state index contributed by atoms with van der Waals surface area (Å²) in [5.41, 5.74) is 2.12. The number of amides is 1. The molecule has 0 saturated heterocycles. The van der Waals surface area contributed by atoms with Crippen molar-refractivity contribution < 1.29 is 14.3 Å². The third-order valence-corrected chi connectivity index (χ3v) is 4.74. The number of hydrogen-bond acceptors (Lipinski definition) is 5. The standard InChI is InChI=1S/C22H22N4O3/c1-2-19(27)14-8-10-18(11-9-14)29-13-20(28)23-17-5-3-4-16(12-17)22-24-21(25-26-22)15-6-7-15/h3-5,8-12,15H,2,6-7,13H2,1H3,(H,23,28)(H,24,25,26). The van der Waals surface area contributed by atoms with Crippen molar-refractivity contribution in [3.05, 3.63) is 59.9 Å². The average Bonchev–Trinajstić information content (AvgIpc) is 3.48. The smallest absolute Gasteiger partial charge is 0.262 e. The van der Waals surface area contributed by atoms with Crippen molar-refractivity contribution in [1.29, 1.82) is 0 Å². The molecule has 4 rings (SSSR count). The predicted molar refractivity (Wildman–Crippen MR) is 109 cm³/mol. The number of H-pyrrole nitrogens is 1. The summed E-state index contributed by atoms with van der Waals surface area (Å²) in [4.78, 5) is 28.4. The number of Topliss-reactive ketones (excluding diaryl/α,β-unsaturated/α-hetero) is 1. The number of carbonyl (C=O) groups is 2. The Balaban J connectivity index is 1.34. The van der Waals surface area contributed by atoms with E-state index in [0.717, 1.165) is 24.2 Å². The molecule has 0 radical (unpaired) electrons. The predicted octanol–water partition coefficient (Wildman–Crippen LogP) is 3.96. The second-order valence-corrected chi connectivity index (χ2v) is 7.04. The average molecular weight is 390 g/mol. The Hall–Kier alpha value is -3.48. The summed E-state index contributed by atoms with van der Waals surface area (Å²) in [6, 6.07) is 14.2. The molecular formula is C22H22N4O3. The van der Waals surface area contributed by atoms with Crippen LogP contribution in [0, 0.1) is 0 Å². The van der Waals surface area contributed by atoms with Crippen LogP contribution in [0.4, 0.5) is 5.69 Å². The fraction of sp³-hybridized carbons (Fsp3) is 0.273. The van der Waals surface area contributed by atoms with Crippen molar-refractivity contribution in [1.82, 2.24) is 15.2 Å². The van der Waals surface area contributed by atoms with Gasteiger partial charge in [0, 0.05) is 29.2 Å². The van der Waals surface area contributed by atoms with E-state index in [9.17, 15) is 9.59 Å². The summed E-state index contributed by atoms with van der Waals surface area (Å²) in [5, 5.41) is 10.1. The molecule has 1 aliphatic carbocycles. The number of carbonyl (C=O) groups excluding carboxylic acids is 2. The van der Waals surface area contributed by atoms with Crippen LogP contribution in [0.5, 0.6) is 5.75 Å². The SMILES string of the molecule is CCC(=O)c1ccc(OCC(=O)Nc2cccc(-c3n[nH]c(C4CC4)n3)c2)cc1. The highest BCUT2D eigenvalue weighted by atomic mass is 16.5. The van der Waals surface area contributed by atoms with E-state index in [1.54, 1.807) is 30.3 Å². The molecule has 0 unspecified atom stereocenters. The van der Waals surface area contributed by atoms with E-state index in [2.05, 4.69) is 20.5 Å². The van der Waals surface area contributed by atoms with Crippen molar-refractivity contribution in [3.63, 3.8) is 0 Å². The van der Waals surface area contributed by atoms with E-state index in [1.807, 2.05) is 25.1 Å². The van der Waals surface area contributed by atoms with E-state index >= 15 is 0 Å². The summed E-state index contributed by atoms with van der Waals surface area (Å²) in [5.74, 6) is 2.39. The molecule has 1 heterocycles. The number of rotatable bonds is 8. The monoisotopic (exact) mass is 390 g/mol. The number of hydrogen-bond donors (Lipinski definition) is 2. The number of ketones is 1. The lowest BCUT2D eigenvalue weighted by atomic mass is 10.1. The number of aromatic nitrogens is 3. The Morgan fingerprint density at radius 1 is 1.17 bits per heavy atom. The van der Waals surface area contributed by atoms with Gasteiger partial charge in [0.25, 0.3) is 5.91 Å². The highest BCUT2D eigenvalue weighted by Crippen LogP contribution is 2.38. The van der Waals surface area contributed by atoms with Gasteiger partial charge in [-0.2, -0.15) is 5.10 Å². The van der Waals surface area contributed by atoms with Crippen LogP contribution in [0.2, 0.25) is 0 Å². The van der Waals surface area contributed by atoms with E-state index < -0.39 is 0 Å². The number of benzene rings is 2. The van der Waals surface area contributed by atoms with E-state index in [1.165, 1.54) is 0 Å². The molecule has 0 aliphatic heterocycles. The summed E-state index contributed by atoms with van der Waals surface area (Å²) in [6.07, 6.45) is 2.77. The van der Waals surface area contributed by atoms with E-state index in [-0.39, 0.29) is 18.3 Å². The topological polar surface area (TPSA) is 97.0 Å². The minimum absolute atomic E-state index is 0.0739. The quantitative estimate of drug-likeness (QED) is 0.568. The molecule has 1 aliphatic rings. The highest BCUT2D eigenvalue weighted by Gasteiger charge is 2.27. The Morgan fingerprint density at radius 3 is 2.69 bits per heavy atom. The molecule has 1 amide bonds. The number of nitrogens with one attached hydrogen (secondary N) is 2. The minimum Gasteiger partial charge on any atom is -0.484 e. The molecule has 29 heavy (non-hydrogen) atoms. The van der Waals surface area contributed by atoms with Crippen LogP contribution in [0.25, 0.3) is 11.4 Å². The molecule has 2 aromatic carbocycles. The second kappa shape index (κ2) is 8.26. The van der Waals surface area contributed by atoms with Gasteiger partial charge in [0.1, 0.15) is 11.6 Å². The lowest BCUT2D eigenvalue weighted by Crippen LogP contribution is -2.20. The van der Waals surface area contributed by atoms with Gasteiger partial charge < -0.3 is 10.1 Å². The number of nitrogens with zero attached hydrogens (tertiary/aromatic N) is 2. The van der Waals surface area contributed by atoms with Gasteiger partial charge in [-0.1, -0.05) is 19.1 Å². The number of ether oxygens (including phenoxy) is 1. The van der Waals surface area contributed by atoms with E-state index in [4.69, 9.17) is 4.74 Å². The molecule has 0 atom stereocenters. The molecule has 1 aromatic heterocycles. The van der Waals surface area contributed by atoms with Crippen molar-refractivity contribution in [3.8, 4) is 17.1 Å². The summed E-state index contributed by atoms with van der Waals surface area (Å²) >= 11 is 0. The zero-order chi connectivity index (χ0) is 20.2. The van der Waals surface area contributed by atoms with Gasteiger partial charge in [-0.3, -0.25) is 14.7 Å². The lowest BCUT2D eigenvalue weighted by molar-refractivity contribution is -0.118. The Bertz CT molecular complexity index is 1020. The Labute approximate surface area is 168 Å². The maximum absolute atomic E-state index is 12.2. The van der Waals surface area contributed by atoms with Crippen molar-refractivity contribution in [2.24, 2.45) is 0 Å². The summed E-state index contributed by atoms with van der Waals surface area (Å²) in [7, 11) is 0. The first kappa shape index (κ1) is 18.9. The van der Waals surface area contributed by atoms with Gasteiger partial charge in [0.15, 0.2) is 18.2 Å². The third-order valence-electron chi connectivity index (χ3n) is 4.74. The number of anilines is 1. The second-order valence-electron chi connectivity index (χ2n) is 7.04. The van der Waals surface area contributed by atoms with Crippen molar-refractivity contribution in [2.45, 2.75) is 32.1 Å². The Morgan fingerprint density at radius 2 is 1.97 bits per heavy atom. The molecule has 1 fully saturated rings. The van der Waals surface area contributed by atoms with Crippen LogP contribution >= 0.6 is 0 Å². The molecule has 1 saturated carbocycles. The van der Waals surface area contributed by atoms with Gasteiger partial charge >= 0.3 is 0 Å². The first-order valence-electron chi connectivity index (χ1n) is 9.71.